The molecule has 0 bridgehead atoms. The normalized spacial score (nSPS) is 11.2. The number of esters is 1. The molecule has 0 aliphatic rings. The van der Waals surface area contributed by atoms with E-state index in [4.69, 9.17) is 15.2 Å². The maximum Gasteiger partial charge on any atom is 0.310 e. The van der Waals surface area contributed by atoms with Crippen LogP contribution in [0.5, 0.6) is 5.75 Å². The standard InChI is InChI=1S/C26H36N2O4/c1-28(2,3)22-16-14-21(15-17-22)20-25(29)32-19-11-7-5-4-6-10-18-31-24-13-9-8-12-23(24)26(27)30/h8-9,12-17H,4-7,10-11,18-20H2,1-3H3,(H-,27,30)/p+1. The van der Waals surface area contributed by atoms with Crippen molar-refractivity contribution in [2.24, 2.45) is 5.73 Å². The fourth-order valence-corrected chi connectivity index (χ4v) is 3.35. The number of amides is 1. The van der Waals surface area contributed by atoms with E-state index in [-0.39, 0.29) is 5.97 Å². The van der Waals surface area contributed by atoms with Crippen molar-refractivity contribution in [3.8, 4) is 5.75 Å². The Balaban J connectivity index is 1.49. The van der Waals surface area contributed by atoms with Gasteiger partial charge in [-0.3, -0.25) is 14.1 Å². The van der Waals surface area contributed by atoms with Crippen molar-refractivity contribution >= 4 is 17.6 Å². The van der Waals surface area contributed by atoms with Crippen molar-refractivity contribution in [3.05, 3.63) is 59.7 Å². The van der Waals surface area contributed by atoms with E-state index in [0.29, 0.717) is 30.9 Å². The fourth-order valence-electron chi connectivity index (χ4n) is 3.35. The highest BCUT2D eigenvalue weighted by atomic mass is 16.5. The number of nitrogens with two attached hydrogens (primary N) is 1. The zero-order valence-electron chi connectivity index (χ0n) is 19.6. The number of carbonyl (C=O) groups excluding carboxylic acids is 2. The van der Waals surface area contributed by atoms with Gasteiger partial charge in [-0.15, -0.1) is 0 Å². The predicted molar refractivity (Wildman–Crippen MR) is 129 cm³/mol. The molecule has 0 heterocycles. The first-order valence-corrected chi connectivity index (χ1v) is 11.4. The van der Waals surface area contributed by atoms with Gasteiger partial charge >= 0.3 is 5.97 Å². The van der Waals surface area contributed by atoms with Crippen LogP contribution in [-0.4, -0.2) is 46.2 Å². The number of rotatable bonds is 14. The molecule has 0 aromatic heterocycles. The minimum absolute atomic E-state index is 0.170. The quantitative estimate of drug-likeness (QED) is 0.266. The second-order valence-corrected chi connectivity index (χ2v) is 8.91. The number of para-hydroxylation sites is 1. The van der Waals surface area contributed by atoms with E-state index >= 15 is 0 Å². The van der Waals surface area contributed by atoms with Gasteiger partial charge in [0.2, 0.25) is 0 Å². The summed E-state index contributed by atoms with van der Waals surface area (Å²) in [6.07, 6.45) is 6.42. The molecule has 2 N–H and O–H groups in total. The monoisotopic (exact) mass is 441 g/mol. The lowest BCUT2D eigenvalue weighted by atomic mass is 10.1. The molecule has 0 aliphatic heterocycles. The molecule has 6 heteroatoms. The summed E-state index contributed by atoms with van der Waals surface area (Å²) in [7, 11) is 6.34. The SMILES string of the molecule is C[N+](C)(C)c1ccc(CC(=O)OCCCCCCCCOc2ccccc2C(N)=O)cc1. The van der Waals surface area contributed by atoms with Gasteiger partial charge in [0.1, 0.15) is 11.4 Å². The van der Waals surface area contributed by atoms with Crippen LogP contribution in [0.3, 0.4) is 0 Å². The average molecular weight is 442 g/mol. The minimum atomic E-state index is -0.473. The molecule has 32 heavy (non-hydrogen) atoms. The van der Waals surface area contributed by atoms with E-state index in [0.717, 1.165) is 48.6 Å². The first kappa shape index (κ1) is 25.4. The summed E-state index contributed by atoms with van der Waals surface area (Å²) in [6, 6.07) is 15.2. The van der Waals surface area contributed by atoms with Gasteiger partial charge in [0, 0.05) is 0 Å². The molecule has 0 spiro atoms. The lowest BCUT2D eigenvalue weighted by molar-refractivity contribution is -0.142. The second kappa shape index (κ2) is 12.9. The molecular formula is C26H37N2O4+. The van der Waals surface area contributed by atoms with Gasteiger partial charge in [-0.1, -0.05) is 49.9 Å². The first-order valence-electron chi connectivity index (χ1n) is 11.4. The molecule has 6 nitrogen and oxygen atoms in total. The molecule has 0 aliphatic carbocycles. The van der Waals surface area contributed by atoms with Crippen LogP contribution in [0.2, 0.25) is 0 Å². The van der Waals surface area contributed by atoms with Crippen LogP contribution in [0.25, 0.3) is 0 Å². The van der Waals surface area contributed by atoms with E-state index < -0.39 is 5.91 Å². The Hall–Kier alpha value is -2.86. The number of hydrogen-bond acceptors (Lipinski definition) is 4. The Kier molecular flexibility index (Phi) is 10.2. The highest BCUT2D eigenvalue weighted by molar-refractivity contribution is 5.95. The van der Waals surface area contributed by atoms with Crippen molar-refractivity contribution < 1.29 is 19.1 Å². The maximum absolute atomic E-state index is 12.0. The topological polar surface area (TPSA) is 78.6 Å². The highest BCUT2D eigenvalue weighted by Gasteiger charge is 2.12. The number of carbonyl (C=O) groups is 2. The molecule has 1 amide bonds. The van der Waals surface area contributed by atoms with Crippen LogP contribution in [0.4, 0.5) is 5.69 Å². The highest BCUT2D eigenvalue weighted by Crippen LogP contribution is 2.19. The molecular weight excluding hydrogens is 404 g/mol. The molecule has 174 valence electrons. The van der Waals surface area contributed by atoms with Crippen molar-refractivity contribution in [1.29, 1.82) is 0 Å². The van der Waals surface area contributed by atoms with Crippen LogP contribution in [0.1, 0.15) is 54.4 Å². The Morgan fingerprint density at radius 2 is 1.41 bits per heavy atom. The Bertz CT molecular complexity index is 857. The minimum Gasteiger partial charge on any atom is -0.493 e. The molecule has 0 fully saturated rings. The van der Waals surface area contributed by atoms with E-state index in [1.165, 1.54) is 5.69 Å². The summed E-state index contributed by atoms with van der Waals surface area (Å²) in [4.78, 5) is 23.4. The van der Waals surface area contributed by atoms with E-state index in [1.54, 1.807) is 18.2 Å². The maximum atomic E-state index is 12.0. The van der Waals surface area contributed by atoms with Crippen molar-refractivity contribution in [2.45, 2.75) is 44.9 Å². The average Bonchev–Trinajstić information content (AvgIpc) is 2.75. The number of primary amides is 1. The third kappa shape index (κ3) is 9.10. The van der Waals surface area contributed by atoms with Gasteiger partial charge < -0.3 is 15.2 Å². The third-order valence-corrected chi connectivity index (χ3v) is 5.27. The second-order valence-electron chi connectivity index (χ2n) is 8.91. The number of nitrogens with zero attached hydrogens (tertiary/aromatic N) is 1. The summed E-state index contributed by atoms with van der Waals surface area (Å²) in [5.41, 5.74) is 7.95. The molecule has 2 aromatic carbocycles. The lowest BCUT2D eigenvalue weighted by Crippen LogP contribution is -2.34. The van der Waals surface area contributed by atoms with Crippen molar-refractivity contribution in [2.75, 3.05) is 34.4 Å². The number of hydrogen-bond donors (Lipinski definition) is 1. The van der Waals surface area contributed by atoms with E-state index in [2.05, 4.69) is 33.3 Å². The van der Waals surface area contributed by atoms with E-state index in [9.17, 15) is 9.59 Å². The van der Waals surface area contributed by atoms with Crippen LogP contribution < -0.4 is 15.0 Å². The summed E-state index contributed by atoms with van der Waals surface area (Å²) >= 11 is 0. The smallest absolute Gasteiger partial charge is 0.310 e. The number of unbranched alkanes of at least 4 members (excludes halogenated alkanes) is 5. The van der Waals surface area contributed by atoms with Crippen LogP contribution >= 0.6 is 0 Å². The fraction of sp³-hybridized carbons (Fsp3) is 0.462. The van der Waals surface area contributed by atoms with Crippen molar-refractivity contribution in [1.82, 2.24) is 4.48 Å². The zero-order chi connectivity index (χ0) is 23.4. The van der Waals surface area contributed by atoms with Crippen LogP contribution in [-0.2, 0) is 16.0 Å². The largest absolute Gasteiger partial charge is 0.493 e. The molecule has 0 atom stereocenters. The molecule has 0 saturated carbocycles. The number of quaternary nitrogens is 1. The Morgan fingerprint density at radius 1 is 0.812 bits per heavy atom. The molecule has 2 aromatic rings. The summed E-state index contributed by atoms with van der Waals surface area (Å²) in [6.45, 7) is 1.04. The molecule has 0 radical (unpaired) electrons. The summed E-state index contributed by atoms with van der Waals surface area (Å²) in [5, 5.41) is 0. The van der Waals surface area contributed by atoms with Gasteiger partial charge in [0.25, 0.3) is 5.91 Å². The summed E-state index contributed by atoms with van der Waals surface area (Å²) in [5.74, 6) is -0.0958. The lowest BCUT2D eigenvalue weighted by Gasteiger charge is -2.23. The van der Waals surface area contributed by atoms with E-state index in [1.807, 2.05) is 18.2 Å². The third-order valence-electron chi connectivity index (χ3n) is 5.27. The Labute approximate surface area is 191 Å². The zero-order valence-corrected chi connectivity index (χ0v) is 19.6. The van der Waals surface area contributed by atoms with Crippen molar-refractivity contribution in [3.63, 3.8) is 0 Å². The van der Waals surface area contributed by atoms with Crippen LogP contribution in [0, 0.1) is 0 Å². The van der Waals surface area contributed by atoms with Gasteiger partial charge in [-0.2, -0.15) is 0 Å². The first-order chi connectivity index (χ1) is 15.3. The Morgan fingerprint density at radius 3 is 2.03 bits per heavy atom. The van der Waals surface area contributed by atoms with Gasteiger partial charge in [-0.25, -0.2) is 0 Å². The number of benzene rings is 2. The predicted octanol–water partition coefficient (Wildman–Crippen LogP) is 4.49. The molecule has 0 unspecified atom stereocenters. The van der Waals surface area contributed by atoms with Gasteiger partial charge in [0.15, 0.2) is 0 Å². The molecule has 2 rings (SSSR count). The van der Waals surface area contributed by atoms with Gasteiger partial charge in [0.05, 0.1) is 46.3 Å². The van der Waals surface area contributed by atoms with Crippen LogP contribution in [0.15, 0.2) is 48.5 Å². The molecule has 0 saturated heterocycles. The van der Waals surface area contributed by atoms with Gasteiger partial charge in [-0.05, 0) is 42.7 Å². The summed E-state index contributed by atoms with van der Waals surface area (Å²) < 4.78 is 11.8. The number of ether oxygens (including phenoxy) is 2.